The van der Waals surface area contributed by atoms with Crippen LogP contribution in [0, 0.1) is 0 Å². The Hall–Kier alpha value is -3.09. The third-order valence-electron chi connectivity index (χ3n) is 4.52. The second-order valence-electron chi connectivity index (χ2n) is 7.66. The molecule has 3 rings (SSSR count). The molecule has 0 bridgehead atoms. The van der Waals surface area contributed by atoms with Gasteiger partial charge in [-0.25, -0.2) is 4.79 Å². The van der Waals surface area contributed by atoms with Gasteiger partial charge < -0.3 is 19.0 Å². The van der Waals surface area contributed by atoms with Gasteiger partial charge in [0.1, 0.15) is 11.3 Å². The molecule has 1 aromatic carbocycles. The Morgan fingerprint density at radius 3 is 2.68 bits per heavy atom. The molecule has 3 aromatic rings. The molecule has 7 nitrogen and oxygen atoms in total. The van der Waals surface area contributed by atoms with E-state index in [1.165, 1.54) is 13.2 Å². The van der Waals surface area contributed by atoms with Gasteiger partial charge in [-0.2, -0.15) is 0 Å². The second kappa shape index (κ2) is 7.88. The Bertz CT molecular complexity index is 1040. The van der Waals surface area contributed by atoms with Crippen molar-refractivity contribution in [2.75, 3.05) is 7.11 Å². The maximum Gasteiger partial charge on any atom is 0.336 e. The Morgan fingerprint density at radius 2 is 2.00 bits per heavy atom. The summed E-state index contributed by atoms with van der Waals surface area (Å²) in [5, 5.41) is 7.38. The minimum atomic E-state index is -0.436. The summed E-state index contributed by atoms with van der Waals surface area (Å²) in [6.45, 7) is 6.60. The molecule has 1 amide bonds. The van der Waals surface area contributed by atoms with Gasteiger partial charge in [0.15, 0.2) is 0 Å². The Morgan fingerprint density at radius 1 is 1.21 bits per heavy atom. The van der Waals surface area contributed by atoms with Gasteiger partial charge in [-0.1, -0.05) is 26.8 Å². The third kappa shape index (κ3) is 4.60. The van der Waals surface area contributed by atoms with Gasteiger partial charge in [0.2, 0.25) is 5.91 Å². The standard InChI is InChI=1S/C21H24N2O5/c1-21(2,3)14-5-7-17-16(10-14)13(9-20(25)27-17)12-22-18(24)8-6-15-11-19(26-4)23-28-15/h5,7,9-11H,6,8,12H2,1-4H3,(H,22,24). The summed E-state index contributed by atoms with van der Waals surface area (Å²) >= 11 is 0. The van der Waals surface area contributed by atoms with E-state index < -0.39 is 5.63 Å². The lowest BCUT2D eigenvalue weighted by Gasteiger charge is -2.19. The van der Waals surface area contributed by atoms with Crippen LogP contribution < -0.4 is 15.7 Å². The van der Waals surface area contributed by atoms with E-state index >= 15 is 0 Å². The highest BCUT2D eigenvalue weighted by Crippen LogP contribution is 2.27. The number of methoxy groups -OCH3 is 1. The zero-order valence-corrected chi connectivity index (χ0v) is 16.5. The number of amides is 1. The minimum Gasteiger partial charge on any atom is -0.479 e. The highest BCUT2D eigenvalue weighted by molar-refractivity contribution is 5.82. The maximum atomic E-state index is 12.2. The highest BCUT2D eigenvalue weighted by atomic mass is 16.5. The van der Waals surface area contributed by atoms with Gasteiger partial charge in [-0.05, 0) is 33.8 Å². The van der Waals surface area contributed by atoms with Crippen LogP contribution in [-0.2, 0) is 23.2 Å². The van der Waals surface area contributed by atoms with Crippen LogP contribution in [0.1, 0.15) is 44.1 Å². The summed E-state index contributed by atoms with van der Waals surface area (Å²) in [5.74, 6) is 0.809. The number of hydrogen-bond acceptors (Lipinski definition) is 6. The molecule has 2 aromatic heterocycles. The van der Waals surface area contributed by atoms with Crippen LogP contribution in [0.4, 0.5) is 0 Å². The fraction of sp³-hybridized carbons (Fsp3) is 0.381. The van der Waals surface area contributed by atoms with E-state index in [0.29, 0.717) is 23.6 Å². The average Bonchev–Trinajstić information content (AvgIpc) is 3.11. The summed E-state index contributed by atoms with van der Waals surface area (Å²) in [4.78, 5) is 24.1. The number of carbonyl (C=O) groups is 1. The Labute approximate surface area is 162 Å². The smallest absolute Gasteiger partial charge is 0.336 e. The SMILES string of the molecule is COc1cc(CCC(=O)NCc2cc(=O)oc3ccc(C(C)(C)C)cc23)on1. The molecule has 0 aliphatic rings. The molecular weight excluding hydrogens is 360 g/mol. The lowest BCUT2D eigenvalue weighted by molar-refractivity contribution is -0.121. The monoisotopic (exact) mass is 384 g/mol. The van der Waals surface area contributed by atoms with Gasteiger partial charge >= 0.3 is 5.63 Å². The first-order valence-corrected chi connectivity index (χ1v) is 9.10. The van der Waals surface area contributed by atoms with Crippen LogP contribution in [0.5, 0.6) is 5.88 Å². The molecule has 0 atom stereocenters. The van der Waals surface area contributed by atoms with Gasteiger partial charge in [0.05, 0.1) is 7.11 Å². The molecule has 7 heteroatoms. The van der Waals surface area contributed by atoms with E-state index in [1.54, 1.807) is 12.1 Å². The van der Waals surface area contributed by atoms with Crippen molar-refractivity contribution >= 4 is 16.9 Å². The molecular formula is C21H24N2O5. The predicted octanol–water partition coefficient (Wildman–Crippen LogP) is 3.34. The number of carbonyl (C=O) groups excluding carboxylic acids is 1. The molecule has 0 aliphatic carbocycles. The van der Waals surface area contributed by atoms with Crippen molar-refractivity contribution in [2.45, 2.75) is 45.6 Å². The number of aryl methyl sites for hydroxylation is 1. The first-order chi connectivity index (χ1) is 13.3. The fourth-order valence-corrected chi connectivity index (χ4v) is 2.87. The van der Waals surface area contributed by atoms with Crippen LogP contribution in [0.2, 0.25) is 0 Å². The molecule has 1 N–H and O–H groups in total. The number of aromatic nitrogens is 1. The number of hydrogen-bond donors (Lipinski definition) is 1. The Kier molecular flexibility index (Phi) is 5.53. The van der Waals surface area contributed by atoms with Crippen LogP contribution in [-0.4, -0.2) is 18.2 Å². The van der Waals surface area contributed by atoms with Crippen molar-refractivity contribution in [3.8, 4) is 5.88 Å². The summed E-state index contributed by atoms with van der Waals surface area (Å²) in [6.07, 6.45) is 0.652. The quantitative estimate of drug-likeness (QED) is 0.655. The molecule has 0 aliphatic heterocycles. The molecule has 28 heavy (non-hydrogen) atoms. The third-order valence-corrected chi connectivity index (χ3v) is 4.52. The number of benzene rings is 1. The molecule has 0 saturated heterocycles. The predicted molar refractivity (Wildman–Crippen MR) is 104 cm³/mol. The van der Waals surface area contributed by atoms with Crippen molar-refractivity contribution in [3.05, 3.63) is 57.6 Å². The Balaban J connectivity index is 1.72. The second-order valence-corrected chi connectivity index (χ2v) is 7.66. The molecule has 2 heterocycles. The number of ether oxygens (including phenoxy) is 1. The van der Waals surface area contributed by atoms with Crippen LogP contribution in [0.3, 0.4) is 0 Å². The molecule has 0 fully saturated rings. The van der Waals surface area contributed by atoms with E-state index in [0.717, 1.165) is 16.5 Å². The number of fused-ring (bicyclic) bond motifs is 1. The molecule has 0 unspecified atom stereocenters. The van der Waals surface area contributed by atoms with Crippen LogP contribution in [0.15, 0.2) is 44.1 Å². The largest absolute Gasteiger partial charge is 0.479 e. The van der Waals surface area contributed by atoms with Crippen molar-refractivity contribution in [3.63, 3.8) is 0 Å². The van der Waals surface area contributed by atoms with Crippen LogP contribution >= 0.6 is 0 Å². The first kappa shape index (κ1) is 19.7. The summed E-state index contributed by atoms with van der Waals surface area (Å²) in [6, 6.07) is 8.85. The van der Waals surface area contributed by atoms with E-state index in [9.17, 15) is 9.59 Å². The van der Waals surface area contributed by atoms with Crippen LogP contribution in [0.25, 0.3) is 11.0 Å². The van der Waals surface area contributed by atoms with Gasteiger partial charge in [-0.3, -0.25) is 4.79 Å². The molecule has 148 valence electrons. The number of nitrogens with zero attached hydrogens (tertiary/aromatic N) is 1. The van der Waals surface area contributed by atoms with E-state index in [2.05, 4.69) is 31.2 Å². The normalized spacial score (nSPS) is 11.6. The lowest BCUT2D eigenvalue weighted by Crippen LogP contribution is -2.23. The van der Waals surface area contributed by atoms with Crippen molar-refractivity contribution in [2.24, 2.45) is 0 Å². The van der Waals surface area contributed by atoms with Crippen molar-refractivity contribution in [1.29, 1.82) is 0 Å². The van der Waals surface area contributed by atoms with Crippen molar-refractivity contribution in [1.82, 2.24) is 10.5 Å². The van der Waals surface area contributed by atoms with Gasteiger partial charge in [0, 0.05) is 36.9 Å². The van der Waals surface area contributed by atoms with Gasteiger partial charge in [-0.15, -0.1) is 0 Å². The van der Waals surface area contributed by atoms with E-state index in [-0.39, 0.29) is 24.3 Å². The average molecular weight is 384 g/mol. The summed E-state index contributed by atoms with van der Waals surface area (Å²) in [5.41, 5.74) is 1.89. The number of rotatable bonds is 6. The van der Waals surface area contributed by atoms with E-state index in [1.807, 2.05) is 12.1 Å². The molecule has 0 saturated carbocycles. The van der Waals surface area contributed by atoms with Gasteiger partial charge in [0.25, 0.3) is 5.88 Å². The minimum absolute atomic E-state index is 0.0387. The molecule has 0 spiro atoms. The topological polar surface area (TPSA) is 94.6 Å². The van der Waals surface area contributed by atoms with E-state index in [4.69, 9.17) is 13.7 Å². The number of nitrogens with one attached hydrogen (secondary N) is 1. The zero-order chi connectivity index (χ0) is 20.3. The lowest BCUT2D eigenvalue weighted by atomic mass is 9.86. The zero-order valence-electron chi connectivity index (χ0n) is 16.5. The van der Waals surface area contributed by atoms with Crippen molar-refractivity contribution < 1.29 is 18.5 Å². The maximum absolute atomic E-state index is 12.2. The fourth-order valence-electron chi connectivity index (χ4n) is 2.87. The summed E-state index contributed by atoms with van der Waals surface area (Å²) in [7, 11) is 1.50. The first-order valence-electron chi connectivity index (χ1n) is 9.10. The highest BCUT2D eigenvalue weighted by Gasteiger charge is 2.16. The summed E-state index contributed by atoms with van der Waals surface area (Å²) < 4.78 is 15.3. The molecule has 0 radical (unpaired) electrons.